The van der Waals surface area contributed by atoms with Crippen molar-refractivity contribution in [1.82, 2.24) is 0 Å². The topological polar surface area (TPSA) is 23.8 Å². The number of allylic oxidation sites excluding steroid dienone is 2. The van der Waals surface area contributed by atoms with Crippen LogP contribution >= 0.6 is 23.2 Å². The molecule has 0 aromatic heterocycles. The van der Waals surface area contributed by atoms with Gasteiger partial charge in [0.25, 0.3) is 0 Å². The summed E-state index contributed by atoms with van der Waals surface area (Å²) in [5.74, 6) is 0. The molecule has 0 atom stereocenters. The first-order valence-electron chi connectivity index (χ1n) is 3.67. The van der Waals surface area contributed by atoms with Crippen molar-refractivity contribution < 1.29 is 0 Å². The lowest BCUT2D eigenvalue weighted by Crippen LogP contribution is -1.79. The standard InChI is InChI=1S/C10H7Cl2N/c1-7(4-5-13)8-2-3-9(11)10(12)6-8/h2-4,6H,1H3. The normalized spacial score (nSPS) is 11.1. The van der Waals surface area contributed by atoms with Crippen molar-refractivity contribution in [3.8, 4) is 6.07 Å². The summed E-state index contributed by atoms with van der Waals surface area (Å²) in [7, 11) is 0. The minimum Gasteiger partial charge on any atom is -0.193 e. The molecule has 1 nitrogen and oxygen atoms in total. The van der Waals surface area contributed by atoms with Crippen LogP contribution in [0, 0.1) is 11.3 Å². The Kier molecular flexibility index (Phi) is 3.36. The van der Waals surface area contributed by atoms with Gasteiger partial charge in [-0.25, -0.2) is 0 Å². The van der Waals surface area contributed by atoms with Crippen LogP contribution in [-0.2, 0) is 0 Å². The fourth-order valence-electron chi connectivity index (χ4n) is 0.922. The van der Waals surface area contributed by atoms with E-state index < -0.39 is 0 Å². The second kappa shape index (κ2) is 4.32. The van der Waals surface area contributed by atoms with Gasteiger partial charge in [0.05, 0.1) is 16.1 Å². The van der Waals surface area contributed by atoms with Crippen LogP contribution in [0.4, 0.5) is 0 Å². The summed E-state index contributed by atoms with van der Waals surface area (Å²) in [6.07, 6.45) is 1.47. The summed E-state index contributed by atoms with van der Waals surface area (Å²) in [6, 6.07) is 7.25. The predicted octanol–water partition coefficient (Wildman–Crippen LogP) is 3.92. The maximum Gasteiger partial charge on any atom is 0.0915 e. The van der Waals surface area contributed by atoms with Crippen LogP contribution in [0.15, 0.2) is 24.3 Å². The first kappa shape index (κ1) is 10.1. The second-order valence-corrected chi connectivity index (χ2v) is 3.40. The van der Waals surface area contributed by atoms with Crippen molar-refractivity contribution in [1.29, 1.82) is 5.26 Å². The van der Waals surface area contributed by atoms with Crippen LogP contribution in [0.2, 0.25) is 10.0 Å². The van der Waals surface area contributed by atoms with Crippen molar-refractivity contribution in [3.63, 3.8) is 0 Å². The minimum atomic E-state index is 0.504. The van der Waals surface area contributed by atoms with E-state index in [-0.39, 0.29) is 0 Å². The molecule has 0 unspecified atom stereocenters. The smallest absolute Gasteiger partial charge is 0.0915 e. The molecule has 0 bridgehead atoms. The Morgan fingerprint density at radius 3 is 2.62 bits per heavy atom. The van der Waals surface area contributed by atoms with E-state index in [9.17, 15) is 0 Å². The second-order valence-electron chi connectivity index (χ2n) is 2.59. The first-order valence-corrected chi connectivity index (χ1v) is 4.42. The highest BCUT2D eigenvalue weighted by Crippen LogP contribution is 2.25. The van der Waals surface area contributed by atoms with Crippen LogP contribution in [0.3, 0.4) is 0 Å². The molecule has 0 aliphatic rings. The van der Waals surface area contributed by atoms with Crippen LogP contribution in [0.5, 0.6) is 0 Å². The van der Waals surface area contributed by atoms with Crippen LogP contribution in [0.25, 0.3) is 5.57 Å². The molecule has 0 saturated carbocycles. The van der Waals surface area contributed by atoms with Crippen molar-refractivity contribution in [3.05, 3.63) is 39.9 Å². The number of hydrogen-bond acceptors (Lipinski definition) is 1. The zero-order valence-electron chi connectivity index (χ0n) is 7.01. The van der Waals surface area contributed by atoms with Crippen molar-refractivity contribution in [2.24, 2.45) is 0 Å². The maximum absolute atomic E-state index is 8.44. The Hall–Kier alpha value is -0.970. The Morgan fingerprint density at radius 2 is 2.08 bits per heavy atom. The molecule has 13 heavy (non-hydrogen) atoms. The first-order chi connectivity index (χ1) is 6.15. The predicted molar refractivity (Wildman–Crippen MR) is 55.7 cm³/mol. The van der Waals surface area contributed by atoms with Gasteiger partial charge in [0.15, 0.2) is 0 Å². The molecule has 3 heteroatoms. The number of rotatable bonds is 1. The molecule has 0 heterocycles. The van der Waals surface area contributed by atoms with E-state index in [4.69, 9.17) is 28.5 Å². The van der Waals surface area contributed by atoms with Gasteiger partial charge in [0.1, 0.15) is 0 Å². The molecule has 0 amide bonds. The largest absolute Gasteiger partial charge is 0.193 e. The van der Waals surface area contributed by atoms with Gasteiger partial charge in [-0.05, 0) is 30.2 Å². The highest BCUT2D eigenvalue weighted by molar-refractivity contribution is 6.42. The zero-order chi connectivity index (χ0) is 9.84. The highest BCUT2D eigenvalue weighted by atomic mass is 35.5. The van der Waals surface area contributed by atoms with Crippen molar-refractivity contribution >= 4 is 28.8 Å². The number of halogens is 2. The molecule has 0 radical (unpaired) electrons. The quantitative estimate of drug-likeness (QED) is 0.647. The number of nitriles is 1. The molecule has 0 saturated heterocycles. The third kappa shape index (κ3) is 2.48. The van der Waals surface area contributed by atoms with E-state index in [2.05, 4.69) is 0 Å². The van der Waals surface area contributed by atoms with Gasteiger partial charge in [-0.1, -0.05) is 29.3 Å². The average molecular weight is 212 g/mol. The van der Waals surface area contributed by atoms with E-state index in [1.54, 1.807) is 12.1 Å². The third-order valence-electron chi connectivity index (χ3n) is 1.66. The summed E-state index contributed by atoms with van der Waals surface area (Å²) in [5.41, 5.74) is 1.79. The van der Waals surface area contributed by atoms with Gasteiger partial charge in [0.2, 0.25) is 0 Å². The molecule has 0 aliphatic carbocycles. The SMILES string of the molecule is CC(=CC#N)c1ccc(Cl)c(Cl)c1. The fraction of sp³-hybridized carbons (Fsp3) is 0.100. The lowest BCUT2D eigenvalue weighted by atomic mass is 10.1. The van der Waals surface area contributed by atoms with Gasteiger partial charge in [-0.2, -0.15) is 5.26 Å². The maximum atomic E-state index is 8.44. The lowest BCUT2D eigenvalue weighted by molar-refractivity contribution is 1.51. The van der Waals surface area contributed by atoms with E-state index in [0.29, 0.717) is 10.0 Å². The number of benzene rings is 1. The third-order valence-corrected chi connectivity index (χ3v) is 2.40. The van der Waals surface area contributed by atoms with Gasteiger partial charge in [0, 0.05) is 6.08 Å². The van der Waals surface area contributed by atoms with Crippen LogP contribution in [0.1, 0.15) is 12.5 Å². The Labute approximate surface area is 87.2 Å². The van der Waals surface area contributed by atoms with Crippen molar-refractivity contribution in [2.75, 3.05) is 0 Å². The van der Waals surface area contributed by atoms with Crippen LogP contribution < -0.4 is 0 Å². The molecule has 1 aromatic carbocycles. The van der Waals surface area contributed by atoms with Crippen molar-refractivity contribution in [2.45, 2.75) is 6.92 Å². The summed E-state index contributed by atoms with van der Waals surface area (Å²) >= 11 is 11.6. The number of nitrogens with zero attached hydrogens (tertiary/aromatic N) is 1. The van der Waals surface area contributed by atoms with Gasteiger partial charge >= 0.3 is 0 Å². The van der Waals surface area contributed by atoms with E-state index in [1.165, 1.54) is 6.08 Å². The van der Waals surface area contributed by atoms with E-state index in [0.717, 1.165) is 11.1 Å². The Bertz CT molecular complexity index is 388. The molecular formula is C10H7Cl2N. The molecule has 1 rings (SSSR count). The monoisotopic (exact) mass is 211 g/mol. The van der Waals surface area contributed by atoms with E-state index in [1.807, 2.05) is 19.1 Å². The van der Waals surface area contributed by atoms with Gasteiger partial charge in [-0.15, -0.1) is 0 Å². The van der Waals surface area contributed by atoms with Gasteiger partial charge < -0.3 is 0 Å². The molecule has 66 valence electrons. The van der Waals surface area contributed by atoms with Crippen LogP contribution in [-0.4, -0.2) is 0 Å². The minimum absolute atomic E-state index is 0.504. The summed E-state index contributed by atoms with van der Waals surface area (Å²) < 4.78 is 0. The zero-order valence-corrected chi connectivity index (χ0v) is 8.52. The molecule has 0 spiro atoms. The average Bonchev–Trinajstić information content (AvgIpc) is 2.10. The summed E-state index contributed by atoms with van der Waals surface area (Å²) in [4.78, 5) is 0. The van der Waals surface area contributed by atoms with E-state index >= 15 is 0 Å². The Balaban J connectivity index is 3.13. The molecule has 0 N–H and O–H groups in total. The molecule has 0 fully saturated rings. The number of hydrogen-bond donors (Lipinski definition) is 0. The lowest BCUT2D eigenvalue weighted by Gasteiger charge is -2.01. The summed E-state index contributed by atoms with van der Waals surface area (Å²) in [6.45, 7) is 1.85. The summed E-state index contributed by atoms with van der Waals surface area (Å²) in [5, 5.41) is 9.46. The molecule has 0 aliphatic heterocycles. The molecule has 1 aromatic rings. The molecular weight excluding hydrogens is 205 g/mol. The van der Waals surface area contributed by atoms with Gasteiger partial charge in [-0.3, -0.25) is 0 Å². The highest BCUT2D eigenvalue weighted by Gasteiger charge is 2.00. The Morgan fingerprint density at radius 1 is 1.38 bits per heavy atom. The fourth-order valence-corrected chi connectivity index (χ4v) is 1.22.